The second-order valence-corrected chi connectivity index (χ2v) is 8.34. The Hall–Kier alpha value is -2.45. The Balaban J connectivity index is 2.11. The van der Waals surface area contributed by atoms with Crippen molar-refractivity contribution in [3.05, 3.63) is 53.3 Å². The van der Waals surface area contributed by atoms with Gasteiger partial charge < -0.3 is 10.6 Å². The van der Waals surface area contributed by atoms with Crippen LogP contribution in [0.1, 0.15) is 25.0 Å². The molecule has 2 aromatic carbocycles. The van der Waals surface area contributed by atoms with Crippen molar-refractivity contribution in [1.29, 1.82) is 0 Å². The van der Waals surface area contributed by atoms with Crippen LogP contribution >= 0.6 is 0 Å². The Bertz CT molecular complexity index is 957. The Labute approximate surface area is 165 Å². The van der Waals surface area contributed by atoms with Crippen molar-refractivity contribution in [2.75, 3.05) is 30.3 Å². The molecule has 28 heavy (non-hydrogen) atoms. The number of amides is 1. The molecule has 0 spiro atoms. The molecule has 152 valence electrons. The summed E-state index contributed by atoms with van der Waals surface area (Å²) in [6.07, 6.45) is 0. The van der Waals surface area contributed by atoms with E-state index in [0.717, 1.165) is 0 Å². The first-order valence-corrected chi connectivity index (χ1v) is 10.5. The molecule has 2 N–H and O–H groups in total. The lowest BCUT2D eigenvalue weighted by molar-refractivity contribution is -0.114. The van der Waals surface area contributed by atoms with E-state index in [1.54, 1.807) is 52.0 Å². The summed E-state index contributed by atoms with van der Waals surface area (Å²) in [4.78, 5) is 12.4. The highest BCUT2D eigenvalue weighted by atomic mass is 32.2. The number of halogens is 1. The first-order chi connectivity index (χ1) is 13.2. The van der Waals surface area contributed by atoms with Crippen molar-refractivity contribution in [3.63, 3.8) is 0 Å². The molecule has 2 aromatic rings. The number of nitrogens with zero attached hydrogens (tertiary/aromatic N) is 1. The fourth-order valence-corrected chi connectivity index (χ4v) is 4.46. The van der Waals surface area contributed by atoms with Gasteiger partial charge in [-0.3, -0.25) is 4.79 Å². The van der Waals surface area contributed by atoms with Gasteiger partial charge in [0.2, 0.25) is 15.9 Å². The minimum atomic E-state index is -3.63. The summed E-state index contributed by atoms with van der Waals surface area (Å²) in [5, 5.41) is 5.52. The molecule has 0 saturated carbocycles. The minimum absolute atomic E-state index is 0.0749. The first kappa shape index (κ1) is 21.8. The Morgan fingerprint density at radius 1 is 1.00 bits per heavy atom. The van der Waals surface area contributed by atoms with Crippen molar-refractivity contribution in [2.45, 2.75) is 32.6 Å². The van der Waals surface area contributed by atoms with Crippen LogP contribution in [0.5, 0.6) is 0 Å². The quantitative estimate of drug-likeness (QED) is 0.702. The third kappa shape index (κ3) is 5.08. The van der Waals surface area contributed by atoms with E-state index in [9.17, 15) is 17.6 Å². The van der Waals surface area contributed by atoms with Gasteiger partial charge in [-0.05, 0) is 49.2 Å². The molecule has 8 heteroatoms. The zero-order valence-electron chi connectivity index (χ0n) is 16.5. The maximum absolute atomic E-state index is 13.6. The summed E-state index contributed by atoms with van der Waals surface area (Å²) < 4.78 is 40.5. The number of carbonyl (C=O) groups is 1. The number of hydrogen-bond acceptors (Lipinski definition) is 4. The third-order valence-electron chi connectivity index (χ3n) is 4.42. The summed E-state index contributed by atoms with van der Waals surface area (Å²) in [6, 6.07) is 9.41. The van der Waals surface area contributed by atoms with E-state index in [2.05, 4.69) is 10.6 Å². The molecule has 0 saturated heterocycles. The van der Waals surface area contributed by atoms with E-state index >= 15 is 0 Å². The Morgan fingerprint density at radius 3 is 2.21 bits per heavy atom. The van der Waals surface area contributed by atoms with Gasteiger partial charge in [-0.15, -0.1) is 0 Å². The predicted octanol–water partition coefficient (Wildman–Crippen LogP) is 3.52. The van der Waals surface area contributed by atoms with Gasteiger partial charge in [-0.1, -0.05) is 26.0 Å². The van der Waals surface area contributed by atoms with Crippen LogP contribution in [-0.2, 0) is 14.8 Å². The monoisotopic (exact) mass is 407 g/mol. The molecule has 0 unspecified atom stereocenters. The second-order valence-electron chi connectivity index (χ2n) is 6.44. The average molecular weight is 408 g/mol. The largest absolute Gasteiger partial charge is 0.376 e. The topological polar surface area (TPSA) is 78.5 Å². The van der Waals surface area contributed by atoms with E-state index < -0.39 is 10.0 Å². The van der Waals surface area contributed by atoms with Crippen LogP contribution in [0.4, 0.5) is 15.8 Å². The smallest absolute Gasteiger partial charge is 0.243 e. The van der Waals surface area contributed by atoms with Gasteiger partial charge in [0.25, 0.3) is 0 Å². The van der Waals surface area contributed by atoms with E-state index in [0.29, 0.717) is 35.6 Å². The highest BCUT2D eigenvalue weighted by Crippen LogP contribution is 2.23. The fraction of sp³-hybridized carbons (Fsp3) is 0.350. The molecule has 0 atom stereocenters. The molecule has 0 fully saturated rings. The number of aryl methyl sites for hydroxylation is 2. The molecule has 0 aliphatic rings. The van der Waals surface area contributed by atoms with Gasteiger partial charge in [0.05, 0.1) is 11.4 Å². The van der Waals surface area contributed by atoms with Crippen molar-refractivity contribution in [1.82, 2.24) is 4.31 Å². The number of benzene rings is 2. The van der Waals surface area contributed by atoms with Crippen LogP contribution in [0.25, 0.3) is 0 Å². The van der Waals surface area contributed by atoms with E-state index in [-0.39, 0.29) is 23.2 Å². The van der Waals surface area contributed by atoms with Crippen LogP contribution in [0.3, 0.4) is 0 Å². The average Bonchev–Trinajstić information content (AvgIpc) is 2.65. The van der Waals surface area contributed by atoms with Crippen LogP contribution in [0, 0.1) is 19.7 Å². The van der Waals surface area contributed by atoms with Crippen molar-refractivity contribution in [2.24, 2.45) is 0 Å². The maximum atomic E-state index is 13.6. The summed E-state index contributed by atoms with van der Waals surface area (Å²) in [5.41, 5.74) is 2.01. The lowest BCUT2D eigenvalue weighted by Crippen LogP contribution is -2.31. The van der Waals surface area contributed by atoms with Crippen LogP contribution < -0.4 is 10.6 Å². The molecule has 0 aliphatic heterocycles. The molecular weight excluding hydrogens is 381 g/mol. The van der Waals surface area contributed by atoms with Gasteiger partial charge >= 0.3 is 0 Å². The normalized spacial score (nSPS) is 11.5. The lowest BCUT2D eigenvalue weighted by atomic mass is 10.2. The van der Waals surface area contributed by atoms with E-state index in [4.69, 9.17) is 0 Å². The van der Waals surface area contributed by atoms with Gasteiger partial charge in [0, 0.05) is 24.5 Å². The molecule has 0 heterocycles. The third-order valence-corrected chi connectivity index (χ3v) is 6.61. The zero-order chi connectivity index (χ0) is 20.9. The molecule has 2 rings (SSSR count). The van der Waals surface area contributed by atoms with Gasteiger partial charge in [-0.2, -0.15) is 4.31 Å². The van der Waals surface area contributed by atoms with Crippen molar-refractivity contribution in [3.8, 4) is 0 Å². The molecule has 0 bridgehead atoms. The van der Waals surface area contributed by atoms with Gasteiger partial charge in [0.1, 0.15) is 5.82 Å². The van der Waals surface area contributed by atoms with Crippen LogP contribution in [0.2, 0.25) is 0 Å². The second kappa shape index (κ2) is 9.16. The zero-order valence-corrected chi connectivity index (χ0v) is 17.4. The van der Waals surface area contributed by atoms with Gasteiger partial charge in [0.15, 0.2) is 0 Å². The summed E-state index contributed by atoms with van der Waals surface area (Å²) >= 11 is 0. The summed E-state index contributed by atoms with van der Waals surface area (Å²) in [5.74, 6) is -0.716. The number of sulfonamides is 1. The standard InChI is InChI=1S/C20H26FN3O3S/c1-5-24(6-2)28(26,27)19-12-17(10-8-15(19)4)23-20(25)13-22-16-9-7-14(3)18(21)11-16/h7-12,22H,5-6,13H2,1-4H3,(H,23,25). The van der Waals surface area contributed by atoms with E-state index in [1.807, 2.05) is 0 Å². The Morgan fingerprint density at radius 2 is 1.61 bits per heavy atom. The summed E-state index contributed by atoms with van der Waals surface area (Å²) in [6.45, 7) is 7.60. The maximum Gasteiger partial charge on any atom is 0.243 e. The number of nitrogens with one attached hydrogen (secondary N) is 2. The molecular formula is C20H26FN3O3S. The highest BCUT2D eigenvalue weighted by molar-refractivity contribution is 7.89. The molecule has 6 nitrogen and oxygen atoms in total. The van der Waals surface area contributed by atoms with E-state index in [1.165, 1.54) is 16.4 Å². The molecule has 0 radical (unpaired) electrons. The fourth-order valence-electron chi connectivity index (χ4n) is 2.75. The molecule has 0 aliphatic carbocycles. The lowest BCUT2D eigenvalue weighted by Gasteiger charge is -2.20. The first-order valence-electron chi connectivity index (χ1n) is 9.09. The molecule has 1 amide bonds. The van der Waals surface area contributed by atoms with Crippen molar-refractivity contribution < 1.29 is 17.6 Å². The van der Waals surface area contributed by atoms with Gasteiger partial charge in [-0.25, -0.2) is 12.8 Å². The summed E-state index contributed by atoms with van der Waals surface area (Å²) in [7, 11) is -3.63. The van der Waals surface area contributed by atoms with Crippen LogP contribution in [0.15, 0.2) is 41.3 Å². The van der Waals surface area contributed by atoms with Crippen LogP contribution in [-0.4, -0.2) is 38.3 Å². The van der Waals surface area contributed by atoms with Crippen molar-refractivity contribution >= 4 is 27.3 Å². The number of anilines is 2. The SMILES string of the molecule is CCN(CC)S(=O)(=O)c1cc(NC(=O)CNc2ccc(C)c(F)c2)ccc1C. The molecule has 0 aromatic heterocycles. The predicted molar refractivity (Wildman–Crippen MR) is 110 cm³/mol. The number of hydrogen-bond donors (Lipinski definition) is 2. The minimum Gasteiger partial charge on any atom is -0.376 e. The Kier molecular flexibility index (Phi) is 7.15. The number of rotatable bonds is 8. The number of carbonyl (C=O) groups excluding carboxylic acids is 1. The highest BCUT2D eigenvalue weighted by Gasteiger charge is 2.24.